The summed E-state index contributed by atoms with van der Waals surface area (Å²) < 4.78 is 1.81. The Kier molecular flexibility index (Phi) is 5.30. The van der Waals surface area contributed by atoms with Crippen LogP contribution in [-0.4, -0.2) is 39.7 Å². The van der Waals surface area contributed by atoms with E-state index in [1.165, 1.54) is 11.1 Å². The van der Waals surface area contributed by atoms with Crippen LogP contribution in [0.2, 0.25) is 0 Å². The number of carbonyl (C=O) groups is 1. The summed E-state index contributed by atoms with van der Waals surface area (Å²) >= 11 is 0. The highest BCUT2D eigenvalue weighted by molar-refractivity contribution is 5.93. The first-order chi connectivity index (χ1) is 13.3. The Labute approximate surface area is 159 Å². The molecule has 1 N–H and O–H groups in total. The van der Waals surface area contributed by atoms with Gasteiger partial charge in [0.2, 0.25) is 0 Å². The molecule has 1 unspecified atom stereocenters. The maximum absolute atomic E-state index is 12.5. The molecular weight excluding hydrogens is 336 g/mol. The minimum atomic E-state index is -0.0409. The maximum atomic E-state index is 12.5. The Morgan fingerprint density at radius 1 is 1.00 bits per heavy atom. The first-order valence-corrected chi connectivity index (χ1v) is 9.40. The zero-order chi connectivity index (χ0) is 18.5. The molecule has 27 heavy (non-hydrogen) atoms. The Balaban J connectivity index is 1.29. The Morgan fingerprint density at radius 2 is 1.67 bits per heavy atom. The second-order valence-corrected chi connectivity index (χ2v) is 7.09. The molecule has 1 amide bonds. The van der Waals surface area contributed by atoms with Gasteiger partial charge in [0.25, 0.3) is 5.91 Å². The summed E-state index contributed by atoms with van der Waals surface area (Å²) in [6.45, 7) is 3.50. The molecular formula is C22H24N4O. The van der Waals surface area contributed by atoms with Gasteiger partial charge in [-0.2, -0.15) is 5.10 Å². The van der Waals surface area contributed by atoms with Crippen molar-refractivity contribution in [1.29, 1.82) is 0 Å². The van der Waals surface area contributed by atoms with Gasteiger partial charge in [-0.1, -0.05) is 60.7 Å². The first kappa shape index (κ1) is 17.5. The first-order valence-electron chi connectivity index (χ1n) is 9.40. The average Bonchev–Trinajstić information content (AvgIpc) is 3.33. The molecule has 1 aliphatic heterocycles. The third kappa shape index (κ3) is 4.63. The van der Waals surface area contributed by atoms with Crippen molar-refractivity contribution in [2.75, 3.05) is 13.1 Å². The van der Waals surface area contributed by atoms with E-state index in [-0.39, 0.29) is 11.9 Å². The molecule has 1 aliphatic rings. The van der Waals surface area contributed by atoms with Crippen molar-refractivity contribution in [3.05, 3.63) is 89.7 Å². The highest BCUT2D eigenvalue weighted by Gasteiger charge is 2.24. The molecule has 0 bridgehead atoms. The van der Waals surface area contributed by atoms with E-state index in [0.717, 1.165) is 26.1 Å². The highest BCUT2D eigenvalue weighted by Crippen LogP contribution is 2.14. The third-order valence-corrected chi connectivity index (χ3v) is 4.94. The van der Waals surface area contributed by atoms with Crippen molar-refractivity contribution in [3.63, 3.8) is 0 Å². The Hall–Kier alpha value is -2.92. The van der Waals surface area contributed by atoms with Crippen LogP contribution in [0.5, 0.6) is 0 Å². The molecule has 0 aliphatic carbocycles. The van der Waals surface area contributed by atoms with Crippen molar-refractivity contribution in [2.24, 2.45) is 0 Å². The molecule has 1 aromatic heterocycles. The highest BCUT2D eigenvalue weighted by atomic mass is 16.1. The van der Waals surface area contributed by atoms with E-state index >= 15 is 0 Å². The summed E-state index contributed by atoms with van der Waals surface area (Å²) in [4.78, 5) is 14.9. The third-order valence-electron chi connectivity index (χ3n) is 4.94. The molecule has 138 valence electrons. The molecule has 4 rings (SSSR count). The summed E-state index contributed by atoms with van der Waals surface area (Å²) in [5, 5.41) is 7.48. The van der Waals surface area contributed by atoms with Crippen LogP contribution >= 0.6 is 0 Å². The maximum Gasteiger partial charge on any atom is 0.254 e. The summed E-state index contributed by atoms with van der Waals surface area (Å²) in [6, 6.07) is 20.8. The van der Waals surface area contributed by atoms with Gasteiger partial charge in [0.05, 0.1) is 18.3 Å². The predicted molar refractivity (Wildman–Crippen MR) is 105 cm³/mol. The van der Waals surface area contributed by atoms with E-state index in [4.69, 9.17) is 0 Å². The van der Waals surface area contributed by atoms with Crippen molar-refractivity contribution < 1.29 is 4.79 Å². The van der Waals surface area contributed by atoms with Gasteiger partial charge in [-0.05, 0) is 17.5 Å². The minimum absolute atomic E-state index is 0.0409. The number of nitrogens with zero attached hydrogens (tertiary/aromatic N) is 3. The molecule has 1 saturated heterocycles. The molecule has 0 radical (unpaired) electrons. The molecule has 1 fully saturated rings. The van der Waals surface area contributed by atoms with Crippen LogP contribution in [0, 0.1) is 0 Å². The van der Waals surface area contributed by atoms with E-state index in [2.05, 4.69) is 51.7 Å². The van der Waals surface area contributed by atoms with Crippen LogP contribution in [0.1, 0.15) is 27.9 Å². The van der Waals surface area contributed by atoms with Crippen LogP contribution < -0.4 is 5.32 Å². The number of amides is 1. The predicted octanol–water partition coefficient (Wildman–Crippen LogP) is 2.94. The van der Waals surface area contributed by atoms with Gasteiger partial charge in [0.15, 0.2) is 0 Å². The largest absolute Gasteiger partial charge is 0.348 e. The Bertz CT molecular complexity index is 876. The van der Waals surface area contributed by atoms with E-state index in [0.29, 0.717) is 12.1 Å². The number of carbonyl (C=O) groups excluding carboxylic acids is 1. The molecule has 0 spiro atoms. The zero-order valence-electron chi connectivity index (χ0n) is 15.3. The zero-order valence-corrected chi connectivity index (χ0v) is 15.3. The summed E-state index contributed by atoms with van der Waals surface area (Å²) in [7, 11) is 0. The fraction of sp³-hybridized carbons (Fsp3) is 0.273. The van der Waals surface area contributed by atoms with Gasteiger partial charge in [0, 0.05) is 31.9 Å². The topological polar surface area (TPSA) is 50.2 Å². The van der Waals surface area contributed by atoms with Crippen LogP contribution in [-0.2, 0) is 13.1 Å². The van der Waals surface area contributed by atoms with Crippen molar-refractivity contribution >= 4 is 5.91 Å². The standard InChI is InChI=1S/C22H24N4O/c27-22(20-13-23-26(16-20)15-19-9-5-2-6-10-19)24-21-11-12-25(17-21)14-18-7-3-1-4-8-18/h1-10,13,16,21H,11-12,14-15,17H2,(H,24,27). The molecule has 5 nitrogen and oxygen atoms in total. The fourth-order valence-corrected chi connectivity index (χ4v) is 3.54. The molecule has 5 heteroatoms. The van der Waals surface area contributed by atoms with Crippen molar-refractivity contribution in [2.45, 2.75) is 25.6 Å². The number of rotatable bonds is 6. The SMILES string of the molecule is O=C(NC1CCN(Cc2ccccc2)C1)c1cnn(Cc2ccccc2)c1. The minimum Gasteiger partial charge on any atom is -0.348 e. The normalized spacial score (nSPS) is 17.1. The second-order valence-electron chi connectivity index (χ2n) is 7.09. The van der Waals surface area contributed by atoms with Gasteiger partial charge in [-0.25, -0.2) is 0 Å². The van der Waals surface area contributed by atoms with Crippen LogP contribution in [0.25, 0.3) is 0 Å². The van der Waals surface area contributed by atoms with Crippen molar-refractivity contribution in [1.82, 2.24) is 20.0 Å². The lowest BCUT2D eigenvalue weighted by Crippen LogP contribution is -2.36. The molecule has 0 saturated carbocycles. The number of aromatic nitrogens is 2. The smallest absolute Gasteiger partial charge is 0.254 e. The van der Waals surface area contributed by atoms with Crippen LogP contribution in [0.4, 0.5) is 0 Å². The molecule has 2 aromatic carbocycles. The monoisotopic (exact) mass is 360 g/mol. The number of hydrogen-bond donors (Lipinski definition) is 1. The molecule has 1 atom stereocenters. The summed E-state index contributed by atoms with van der Waals surface area (Å²) in [5.41, 5.74) is 3.10. The number of hydrogen-bond acceptors (Lipinski definition) is 3. The number of nitrogens with one attached hydrogen (secondary N) is 1. The van der Waals surface area contributed by atoms with Crippen LogP contribution in [0.15, 0.2) is 73.1 Å². The lowest BCUT2D eigenvalue weighted by atomic mass is 10.2. The quantitative estimate of drug-likeness (QED) is 0.735. The van der Waals surface area contributed by atoms with E-state index in [1.54, 1.807) is 10.9 Å². The summed E-state index contributed by atoms with van der Waals surface area (Å²) in [6.07, 6.45) is 4.45. The number of likely N-dealkylation sites (tertiary alicyclic amines) is 1. The molecule has 3 aromatic rings. The average molecular weight is 360 g/mol. The van der Waals surface area contributed by atoms with E-state index < -0.39 is 0 Å². The van der Waals surface area contributed by atoms with Crippen molar-refractivity contribution in [3.8, 4) is 0 Å². The van der Waals surface area contributed by atoms with Gasteiger partial charge >= 0.3 is 0 Å². The number of benzene rings is 2. The van der Waals surface area contributed by atoms with Crippen LogP contribution in [0.3, 0.4) is 0 Å². The fourth-order valence-electron chi connectivity index (χ4n) is 3.54. The van der Waals surface area contributed by atoms with E-state index in [1.807, 2.05) is 30.5 Å². The van der Waals surface area contributed by atoms with Gasteiger partial charge in [-0.15, -0.1) is 0 Å². The lowest BCUT2D eigenvalue weighted by molar-refractivity contribution is 0.0937. The van der Waals surface area contributed by atoms with Gasteiger partial charge in [0.1, 0.15) is 0 Å². The molecule has 2 heterocycles. The van der Waals surface area contributed by atoms with E-state index in [9.17, 15) is 4.79 Å². The van der Waals surface area contributed by atoms with Gasteiger partial charge in [-0.3, -0.25) is 14.4 Å². The second kappa shape index (κ2) is 8.18. The van der Waals surface area contributed by atoms with Gasteiger partial charge < -0.3 is 5.32 Å². The lowest BCUT2D eigenvalue weighted by Gasteiger charge is -2.16. The summed E-state index contributed by atoms with van der Waals surface area (Å²) in [5.74, 6) is -0.0409. The Morgan fingerprint density at radius 3 is 2.37 bits per heavy atom.